The SMILES string of the molecule is C1CC2(CCN1)CCNC1=C2C2(CCOC2)C2=C(N1)OCCC21CCOC1. The van der Waals surface area contributed by atoms with Gasteiger partial charge in [-0.15, -0.1) is 0 Å². The first-order valence-corrected chi connectivity index (χ1v) is 10.8. The van der Waals surface area contributed by atoms with Crippen molar-refractivity contribution in [2.45, 2.75) is 38.5 Å². The molecular weight excluding hydrogens is 342 g/mol. The summed E-state index contributed by atoms with van der Waals surface area (Å²) in [5, 5.41) is 11.0. The van der Waals surface area contributed by atoms with Crippen molar-refractivity contribution in [3.8, 4) is 0 Å². The molecule has 27 heavy (non-hydrogen) atoms. The van der Waals surface area contributed by atoms with E-state index in [1.165, 1.54) is 30.7 Å². The van der Waals surface area contributed by atoms with E-state index in [2.05, 4.69) is 16.0 Å². The topological polar surface area (TPSA) is 63.8 Å². The van der Waals surface area contributed by atoms with E-state index in [9.17, 15) is 0 Å². The van der Waals surface area contributed by atoms with Gasteiger partial charge in [0.05, 0.1) is 19.8 Å². The number of hydrogen-bond acceptors (Lipinski definition) is 6. The second kappa shape index (κ2) is 5.88. The molecule has 0 amide bonds. The van der Waals surface area contributed by atoms with Crippen LogP contribution in [0, 0.1) is 16.2 Å². The molecule has 0 aromatic heterocycles. The fourth-order valence-electron chi connectivity index (χ4n) is 6.97. The Morgan fingerprint density at radius 1 is 0.704 bits per heavy atom. The molecule has 3 spiro atoms. The minimum atomic E-state index is -0.0191. The van der Waals surface area contributed by atoms with Crippen molar-refractivity contribution in [1.29, 1.82) is 0 Å². The number of piperidine rings is 1. The van der Waals surface area contributed by atoms with Crippen LogP contribution in [0.2, 0.25) is 0 Å². The number of rotatable bonds is 0. The molecule has 0 aromatic carbocycles. The van der Waals surface area contributed by atoms with Gasteiger partial charge in [0, 0.05) is 41.6 Å². The molecule has 2 atom stereocenters. The number of dihydropyridines is 1. The molecule has 6 aliphatic heterocycles. The van der Waals surface area contributed by atoms with Crippen molar-refractivity contribution < 1.29 is 14.2 Å². The maximum atomic E-state index is 6.25. The maximum Gasteiger partial charge on any atom is 0.193 e. The summed E-state index contributed by atoms with van der Waals surface area (Å²) in [7, 11) is 0. The van der Waals surface area contributed by atoms with E-state index in [1.54, 1.807) is 5.57 Å². The molecule has 0 saturated carbocycles. The van der Waals surface area contributed by atoms with Crippen molar-refractivity contribution in [3.63, 3.8) is 0 Å². The second-order valence-corrected chi connectivity index (χ2v) is 9.35. The summed E-state index contributed by atoms with van der Waals surface area (Å²) in [5.74, 6) is 2.23. The fraction of sp³-hybridized carbons (Fsp3) is 0.810. The normalized spacial score (nSPS) is 40.0. The van der Waals surface area contributed by atoms with Gasteiger partial charge < -0.3 is 30.2 Å². The number of ether oxygens (including phenoxy) is 3. The Morgan fingerprint density at radius 2 is 1.48 bits per heavy atom. The molecule has 0 radical (unpaired) electrons. The third-order valence-electron chi connectivity index (χ3n) is 8.15. The summed E-state index contributed by atoms with van der Waals surface area (Å²) in [5.41, 5.74) is 3.48. The molecule has 0 bridgehead atoms. The highest BCUT2D eigenvalue weighted by molar-refractivity contribution is 5.48. The highest BCUT2D eigenvalue weighted by Crippen LogP contribution is 2.64. The summed E-state index contributed by atoms with van der Waals surface area (Å²) < 4.78 is 18.4. The van der Waals surface area contributed by atoms with E-state index in [-0.39, 0.29) is 16.2 Å². The second-order valence-electron chi connectivity index (χ2n) is 9.35. The summed E-state index contributed by atoms with van der Waals surface area (Å²) in [6.07, 6.45) is 6.94. The van der Waals surface area contributed by atoms with Gasteiger partial charge in [-0.3, -0.25) is 0 Å². The van der Waals surface area contributed by atoms with Gasteiger partial charge in [-0.1, -0.05) is 0 Å². The van der Waals surface area contributed by atoms with Gasteiger partial charge in [-0.25, -0.2) is 0 Å². The van der Waals surface area contributed by atoms with Gasteiger partial charge in [0.15, 0.2) is 5.88 Å². The maximum absolute atomic E-state index is 6.25. The zero-order chi connectivity index (χ0) is 18.0. The predicted molar refractivity (Wildman–Crippen MR) is 101 cm³/mol. The van der Waals surface area contributed by atoms with E-state index < -0.39 is 0 Å². The van der Waals surface area contributed by atoms with Gasteiger partial charge in [0.2, 0.25) is 0 Å². The minimum Gasteiger partial charge on any atom is -0.479 e. The smallest absolute Gasteiger partial charge is 0.193 e. The lowest BCUT2D eigenvalue weighted by molar-refractivity contribution is 0.0464. The molecule has 0 aromatic rings. The fourth-order valence-corrected chi connectivity index (χ4v) is 6.97. The van der Waals surface area contributed by atoms with E-state index >= 15 is 0 Å². The average Bonchev–Trinajstić information content (AvgIpc) is 3.34. The van der Waals surface area contributed by atoms with Gasteiger partial charge in [0.25, 0.3) is 0 Å². The van der Waals surface area contributed by atoms with Crippen LogP contribution in [0.3, 0.4) is 0 Å². The minimum absolute atomic E-state index is 0.0191. The Hall–Kier alpha value is -1.24. The first kappa shape index (κ1) is 16.7. The Balaban J connectivity index is 1.55. The van der Waals surface area contributed by atoms with E-state index in [1.807, 2.05) is 0 Å². The van der Waals surface area contributed by atoms with Gasteiger partial charge in [-0.05, 0) is 57.2 Å². The van der Waals surface area contributed by atoms with Crippen LogP contribution in [-0.2, 0) is 14.2 Å². The lowest BCUT2D eigenvalue weighted by Gasteiger charge is -2.56. The van der Waals surface area contributed by atoms with Crippen molar-refractivity contribution >= 4 is 0 Å². The van der Waals surface area contributed by atoms with Crippen LogP contribution in [0.25, 0.3) is 0 Å². The molecule has 6 heteroatoms. The molecule has 6 nitrogen and oxygen atoms in total. The predicted octanol–water partition coefficient (Wildman–Crippen LogP) is 1.61. The highest BCUT2D eigenvalue weighted by atomic mass is 16.5. The van der Waals surface area contributed by atoms with Crippen LogP contribution in [0.15, 0.2) is 22.9 Å². The van der Waals surface area contributed by atoms with Crippen LogP contribution in [0.5, 0.6) is 0 Å². The zero-order valence-corrected chi connectivity index (χ0v) is 16.1. The van der Waals surface area contributed by atoms with Crippen LogP contribution in [0.4, 0.5) is 0 Å². The Kier molecular flexibility index (Phi) is 3.63. The molecule has 6 aliphatic rings. The Bertz CT molecular complexity index is 695. The van der Waals surface area contributed by atoms with Crippen LogP contribution < -0.4 is 16.0 Å². The third kappa shape index (κ3) is 2.18. The molecule has 0 aliphatic carbocycles. The third-order valence-corrected chi connectivity index (χ3v) is 8.15. The molecule has 3 saturated heterocycles. The standard InChI is InChI=1S/C21H31N3O3/c1-7-22-8-2-19(1)3-9-23-17-15(19)21(6-11-26-14-21)16-18(24-17)27-12-5-20(16)4-10-25-13-20/h22-24H,1-14H2. The summed E-state index contributed by atoms with van der Waals surface area (Å²) in [6, 6.07) is 0. The largest absolute Gasteiger partial charge is 0.479 e. The molecule has 6 heterocycles. The molecule has 2 unspecified atom stereocenters. The van der Waals surface area contributed by atoms with Crippen molar-refractivity contribution in [2.75, 3.05) is 52.7 Å². The van der Waals surface area contributed by atoms with Crippen LogP contribution in [0.1, 0.15) is 38.5 Å². The average molecular weight is 373 g/mol. The Morgan fingerprint density at radius 3 is 2.26 bits per heavy atom. The highest BCUT2D eigenvalue weighted by Gasteiger charge is 2.61. The van der Waals surface area contributed by atoms with E-state index in [0.717, 1.165) is 77.8 Å². The van der Waals surface area contributed by atoms with E-state index in [4.69, 9.17) is 14.2 Å². The molecule has 6 rings (SSSR count). The first-order chi connectivity index (χ1) is 13.3. The summed E-state index contributed by atoms with van der Waals surface area (Å²) in [6.45, 7) is 7.40. The zero-order valence-electron chi connectivity index (χ0n) is 16.1. The van der Waals surface area contributed by atoms with Crippen molar-refractivity contribution in [2.24, 2.45) is 16.2 Å². The lowest BCUT2D eigenvalue weighted by atomic mass is 9.52. The first-order valence-electron chi connectivity index (χ1n) is 10.8. The molecule has 3 fully saturated rings. The van der Waals surface area contributed by atoms with Gasteiger partial charge in [0.1, 0.15) is 5.82 Å². The van der Waals surface area contributed by atoms with Crippen molar-refractivity contribution in [1.82, 2.24) is 16.0 Å². The number of hydrogen-bond donors (Lipinski definition) is 3. The summed E-state index contributed by atoms with van der Waals surface area (Å²) in [4.78, 5) is 0. The molecule has 3 N–H and O–H groups in total. The van der Waals surface area contributed by atoms with Crippen LogP contribution >= 0.6 is 0 Å². The molecular formula is C21H31N3O3. The lowest BCUT2D eigenvalue weighted by Crippen LogP contribution is -2.57. The van der Waals surface area contributed by atoms with Gasteiger partial charge >= 0.3 is 0 Å². The number of nitrogens with one attached hydrogen (secondary N) is 3. The Labute approximate surface area is 161 Å². The van der Waals surface area contributed by atoms with Crippen molar-refractivity contribution in [3.05, 3.63) is 22.9 Å². The quantitative estimate of drug-likeness (QED) is 0.600. The summed E-state index contributed by atoms with van der Waals surface area (Å²) >= 11 is 0. The molecule has 148 valence electrons. The van der Waals surface area contributed by atoms with Crippen LogP contribution in [-0.4, -0.2) is 52.7 Å². The van der Waals surface area contributed by atoms with Gasteiger partial charge in [-0.2, -0.15) is 0 Å². The number of fused-ring (bicyclic) bond motifs is 4. The monoisotopic (exact) mass is 373 g/mol. The van der Waals surface area contributed by atoms with E-state index in [0.29, 0.717) is 0 Å².